The first-order valence-electron chi connectivity index (χ1n) is 9.66. The van der Waals surface area contributed by atoms with E-state index in [1.807, 2.05) is 13.8 Å². The van der Waals surface area contributed by atoms with Crippen molar-refractivity contribution in [3.05, 3.63) is 71.1 Å². The number of benzene rings is 1. The molecule has 1 aromatic heterocycles. The highest BCUT2D eigenvalue weighted by molar-refractivity contribution is 7.89. The SMILES string of the molecule is CC1(C)CC(=O)C2=C(C1)N(c1ccc(S(N)(=O)=O)cc1)C(N)=C(C#N)[C@@H]2c1ccco1. The predicted octanol–water partition coefficient (Wildman–Crippen LogP) is 2.87. The molecule has 4 rings (SSSR count). The minimum absolute atomic E-state index is 0.0426. The highest BCUT2D eigenvalue weighted by Gasteiger charge is 2.45. The third kappa shape index (κ3) is 3.54. The van der Waals surface area contributed by atoms with Gasteiger partial charge in [0, 0.05) is 23.4 Å². The van der Waals surface area contributed by atoms with E-state index in [-0.39, 0.29) is 27.5 Å². The average molecular weight is 439 g/mol. The monoisotopic (exact) mass is 438 g/mol. The fraction of sp³-hybridized carbons (Fsp3) is 0.273. The normalized spacial score (nSPS) is 21.2. The molecular formula is C22H22N4O4S. The summed E-state index contributed by atoms with van der Waals surface area (Å²) in [6, 6.07) is 11.5. The summed E-state index contributed by atoms with van der Waals surface area (Å²) in [6.07, 6.45) is 2.37. The molecule has 0 saturated heterocycles. The van der Waals surface area contributed by atoms with Crippen molar-refractivity contribution in [2.45, 2.75) is 37.5 Å². The maximum absolute atomic E-state index is 13.3. The number of allylic oxidation sites excluding steroid dienone is 3. The first-order chi connectivity index (χ1) is 14.5. The molecule has 4 N–H and O–H groups in total. The first kappa shape index (κ1) is 20.9. The molecule has 160 valence electrons. The fourth-order valence-electron chi connectivity index (χ4n) is 4.33. The number of furan rings is 1. The van der Waals surface area contributed by atoms with E-state index in [0.29, 0.717) is 35.6 Å². The minimum Gasteiger partial charge on any atom is -0.468 e. The van der Waals surface area contributed by atoms with Crippen molar-refractivity contribution in [3.63, 3.8) is 0 Å². The van der Waals surface area contributed by atoms with Crippen LogP contribution in [0.1, 0.15) is 38.4 Å². The van der Waals surface area contributed by atoms with Gasteiger partial charge in [-0.25, -0.2) is 13.6 Å². The van der Waals surface area contributed by atoms with Gasteiger partial charge in [-0.3, -0.25) is 9.69 Å². The molecule has 31 heavy (non-hydrogen) atoms. The second kappa shape index (κ2) is 7.11. The Kier molecular flexibility index (Phi) is 4.80. The Labute approximate surface area is 180 Å². The number of ketones is 1. The van der Waals surface area contributed by atoms with Crippen molar-refractivity contribution in [2.24, 2.45) is 16.3 Å². The van der Waals surface area contributed by atoms with E-state index in [0.717, 1.165) is 0 Å². The molecule has 0 bridgehead atoms. The maximum atomic E-state index is 13.3. The summed E-state index contributed by atoms with van der Waals surface area (Å²) in [5, 5.41) is 15.1. The molecule has 1 atom stereocenters. The summed E-state index contributed by atoms with van der Waals surface area (Å²) in [5.41, 5.74) is 8.07. The summed E-state index contributed by atoms with van der Waals surface area (Å²) in [5.74, 6) is -0.0987. The Morgan fingerprint density at radius 2 is 1.87 bits per heavy atom. The van der Waals surface area contributed by atoms with Crippen LogP contribution in [0.15, 0.2) is 74.6 Å². The Balaban J connectivity index is 1.95. The smallest absolute Gasteiger partial charge is 0.238 e. The first-order valence-corrected chi connectivity index (χ1v) is 11.2. The van der Waals surface area contributed by atoms with Crippen LogP contribution < -0.4 is 15.8 Å². The molecule has 2 heterocycles. The maximum Gasteiger partial charge on any atom is 0.238 e. The van der Waals surface area contributed by atoms with Crippen LogP contribution in [-0.2, 0) is 14.8 Å². The number of nitrogens with two attached hydrogens (primary N) is 2. The van der Waals surface area contributed by atoms with Gasteiger partial charge in [-0.1, -0.05) is 13.8 Å². The molecule has 1 aliphatic heterocycles. The number of carbonyl (C=O) groups is 1. The van der Waals surface area contributed by atoms with E-state index in [9.17, 15) is 18.5 Å². The van der Waals surface area contributed by atoms with E-state index in [2.05, 4.69) is 6.07 Å². The van der Waals surface area contributed by atoms with E-state index >= 15 is 0 Å². The van der Waals surface area contributed by atoms with Crippen LogP contribution in [0.3, 0.4) is 0 Å². The molecule has 1 aromatic carbocycles. The number of nitriles is 1. The summed E-state index contributed by atoms with van der Waals surface area (Å²) in [7, 11) is -3.86. The van der Waals surface area contributed by atoms with Gasteiger partial charge in [0.15, 0.2) is 5.78 Å². The van der Waals surface area contributed by atoms with Crippen LogP contribution in [0.4, 0.5) is 5.69 Å². The van der Waals surface area contributed by atoms with Crippen LogP contribution in [-0.4, -0.2) is 14.2 Å². The number of Topliss-reactive ketones (excluding diaryl/α,β-unsaturated/α-hetero) is 1. The van der Waals surface area contributed by atoms with Gasteiger partial charge in [-0.15, -0.1) is 0 Å². The number of nitrogens with zero attached hydrogens (tertiary/aromatic N) is 2. The van der Waals surface area contributed by atoms with Gasteiger partial charge >= 0.3 is 0 Å². The van der Waals surface area contributed by atoms with Gasteiger partial charge in [0.25, 0.3) is 0 Å². The number of carbonyl (C=O) groups excluding carboxylic acids is 1. The van der Waals surface area contributed by atoms with Crippen molar-refractivity contribution >= 4 is 21.5 Å². The quantitative estimate of drug-likeness (QED) is 0.750. The van der Waals surface area contributed by atoms with Gasteiger partial charge in [-0.05, 0) is 48.2 Å². The summed E-state index contributed by atoms with van der Waals surface area (Å²) < 4.78 is 28.8. The Hall–Kier alpha value is -3.35. The lowest BCUT2D eigenvalue weighted by molar-refractivity contribution is -0.118. The highest BCUT2D eigenvalue weighted by Crippen LogP contribution is 2.50. The molecule has 0 saturated carbocycles. The highest BCUT2D eigenvalue weighted by atomic mass is 32.2. The van der Waals surface area contributed by atoms with Gasteiger partial charge in [0.05, 0.1) is 28.7 Å². The van der Waals surface area contributed by atoms with Crippen LogP contribution in [0.25, 0.3) is 0 Å². The van der Waals surface area contributed by atoms with Crippen molar-refractivity contribution in [1.82, 2.24) is 0 Å². The zero-order valence-electron chi connectivity index (χ0n) is 17.1. The van der Waals surface area contributed by atoms with Crippen LogP contribution in [0, 0.1) is 16.7 Å². The van der Waals surface area contributed by atoms with E-state index in [4.69, 9.17) is 15.3 Å². The average Bonchev–Trinajstić information content (AvgIpc) is 3.20. The lowest BCUT2D eigenvalue weighted by Gasteiger charge is -2.43. The number of anilines is 1. The van der Waals surface area contributed by atoms with Gasteiger partial charge < -0.3 is 10.2 Å². The van der Waals surface area contributed by atoms with E-state index in [1.165, 1.54) is 18.4 Å². The Morgan fingerprint density at radius 1 is 1.19 bits per heavy atom. The van der Waals surface area contributed by atoms with Crippen LogP contribution >= 0.6 is 0 Å². The summed E-state index contributed by atoms with van der Waals surface area (Å²) in [6.45, 7) is 4.00. The summed E-state index contributed by atoms with van der Waals surface area (Å²) >= 11 is 0. The summed E-state index contributed by atoms with van der Waals surface area (Å²) in [4.78, 5) is 14.9. The predicted molar refractivity (Wildman–Crippen MR) is 114 cm³/mol. The zero-order chi connectivity index (χ0) is 22.6. The van der Waals surface area contributed by atoms with E-state index < -0.39 is 15.9 Å². The molecule has 0 amide bonds. The fourth-order valence-corrected chi connectivity index (χ4v) is 4.84. The van der Waals surface area contributed by atoms with Gasteiger partial charge in [0.1, 0.15) is 11.6 Å². The minimum atomic E-state index is -3.86. The molecule has 0 fully saturated rings. The largest absolute Gasteiger partial charge is 0.468 e. The standard InChI is InChI=1S/C22H22N4O4S/c1-22(2)10-16-20(17(27)11-22)19(18-4-3-9-30-18)15(12-23)21(24)26(16)13-5-7-14(8-6-13)31(25,28)29/h3-9,19H,10-11,24H2,1-2H3,(H2,25,28,29)/t19-/m1/s1. The molecule has 0 radical (unpaired) electrons. The van der Waals surface area contributed by atoms with Crippen molar-refractivity contribution in [2.75, 3.05) is 4.90 Å². The molecule has 2 aromatic rings. The Bertz CT molecular complexity index is 1260. The van der Waals surface area contributed by atoms with Crippen LogP contribution in [0.5, 0.6) is 0 Å². The zero-order valence-corrected chi connectivity index (χ0v) is 17.9. The second-order valence-electron chi connectivity index (χ2n) is 8.53. The van der Waals surface area contributed by atoms with E-state index in [1.54, 1.807) is 29.2 Å². The topological polar surface area (TPSA) is 143 Å². The number of primary sulfonamides is 1. The van der Waals surface area contributed by atoms with Crippen molar-refractivity contribution < 1.29 is 17.6 Å². The molecule has 2 aliphatic rings. The molecule has 0 spiro atoms. The molecule has 1 aliphatic carbocycles. The van der Waals surface area contributed by atoms with Gasteiger partial charge in [0.2, 0.25) is 10.0 Å². The molecule has 9 heteroatoms. The third-order valence-corrected chi connectivity index (χ3v) is 6.56. The van der Waals surface area contributed by atoms with Crippen LogP contribution in [0.2, 0.25) is 0 Å². The van der Waals surface area contributed by atoms with Gasteiger partial charge in [-0.2, -0.15) is 5.26 Å². The van der Waals surface area contributed by atoms with Crippen molar-refractivity contribution in [3.8, 4) is 6.07 Å². The lowest BCUT2D eigenvalue weighted by Crippen LogP contribution is -2.42. The molecule has 8 nitrogen and oxygen atoms in total. The third-order valence-electron chi connectivity index (χ3n) is 5.63. The number of hydrogen-bond acceptors (Lipinski definition) is 7. The lowest BCUT2D eigenvalue weighted by atomic mass is 9.69. The second-order valence-corrected chi connectivity index (χ2v) is 10.1. The number of sulfonamides is 1. The molecule has 0 unspecified atom stereocenters. The Morgan fingerprint density at radius 3 is 2.42 bits per heavy atom. The number of hydrogen-bond donors (Lipinski definition) is 2. The molecular weight excluding hydrogens is 416 g/mol. The van der Waals surface area contributed by atoms with Crippen molar-refractivity contribution in [1.29, 1.82) is 5.26 Å². The number of rotatable bonds is 3.